The average Bonchev–Trinajstić information content (AvgIpc) is 2.46. The molecule has 96 valence electrons. The van der Waals surface area contributed by atoms with Crippen LogP contribution in [0.3, 0.4) is 0 Å². The van der Waals surface area contributed by atoms with Gasteiger partial charge in [0.25, 0.3) is 0 Å². The highest BCUT2D eigenvalue weighted by atomic mass is 16.5. The van der Waals surface area contributed by atoms with Gasteiger partial charge in [0.15, 0.2) is 0 Å². The second-order valence-electron chi connectivity index (χ2n) is 4.03. The molecule has 1 aromatic rings. The van der Waals surface area contributed by atoms with Crippen molar-refractivity contribution < 1.29 is 9.53 Å². The maximum atomic E-state index is 10.9. The van der Waals surface area contributed by atoms with E-state index in [2.05, 4.69) is 16.4 Å². The number of carbonyl (C=O) groups excluding carboxylic acids is 1. The first-order chi connectivity index (χ1) is 9.28. The van der Waals surface area contributed by atoms with E-state index in [0.29, 0.717) is 12.8 Å². The van der Waals surface area contributed by atoms with Gasteiger partial charge in [0.1, 0.15) is 12.4 Å². The Balaban J connectivity index is 1.96. The molecule has 0 bridgehead atoms. The van der Waals surface area contributed by atoms with E-state index < -0.39 is 0 Å². The third-order valence-corrected chi connectivity index (χ3v) is 2.60. The van der Waals surface area contributed by atoms with Gasteiger partial charge in [-0.2, -0.15) is 5.10 Å². The summed E-state index contributed by atoms with van der Waals surface area (Å²) in [5, 5.41) is 3.97. The summed E-state index contributed by atoms with van der Waals surface area (Å²) in [4.78, 5) is 10.9. The summed E-state index contributed by atoms with van der Waals surface area (Å²) >= 11 is 0. The molecule has 1 aliphatic rings. The quantitative estimate of drug-likeness (QED) is 0.835. The Morgan fingerprint density at radius 3 is 2.74 bits per heavy atom. The Kier molecular flexibility index (Phi) is 4.35. The van der Waals surface area contributed by atoms with E-state index in [0.717, 1.165) is 17.0 Å². The Labute approximate surface area is 112 Å². The van der Waals surface area contributed by atoms with E-state index in [1.807, 2.05) is 36.4 Å². The minimum absolute atomic E-state index is 0.0350. The number of terminal acetylenes is 1. The first-order valence-electron chi connectivity index (χ1n) is 5.98. The van der Waals surface area contributed by atoms with Gasteiger partial charge in [0.05, 0.1) is 5.71 Å². The standard InChI is InChI=1S/C15H14N2O2/c1-2-11-19-14-8-4-12(5-9-14)3-6-13-7-10-15(18)17-16-13/h1,3-6,8-9H,7,10-11H2,(H,17,18). The van der Waals surface area contributed by atoms with Crippen LogP contribution in [0.4, 0.5) is 0 Å². The van der Waals surface area contributed by atoms with Gasteiger partial charge in [-0.05, 0) is 23.8 Å². The summed E-state index contributed by atoms with van der Waals surface area (Å²) in [5.41, 5.74) is 4.36. The van der Waals surface area contributed by atoms with Crippen molar-refractivity contribution in [3.05, 3.63) is 35.9 Å². The molecule has 1 aliphatic heterocycles. The third-order valence-electron chi connectivity index (χ3n) is 2.60. The lowest BCUT2D eigenvalue weighted by molar-refractivity contribution is -0.121. The van der Waals surface area contributed by atoms with E-state index >= 15 is 0 Å². The minimum Gasteiger partial charge on any atom is -0.481 e. The van der Waals surface area contributed by atoms with Gasteiger partial charge in [-0.15, -0.1) is 6.42 Å². The number of hydrazone groups is 1. The van der Waals surface area contributed by atoms with Crippen LogP contribution in [0.1, 0.15) is 18.4 Å². The molecule has 1 aromatic carbocycles. The summed E-state index contributed by atoms with van der Waals surface area (Å²) in [5.74, 6) is 3.13. The second kappa shape index (κ2) is 6.41. The molecule has 0 fully saturated rings. The van der Waals surface area contributed by atoms with Crippen LogP contribution < -0.4 is 10.2 Å². The molecule has 0 saturated heterocycles. The molecule has 0 saturated carbocycles. The van der Waals surface area contributed by atoms with Crippen molar-refractivity contribution in [1.29, 1.82) is 0 Å². The number of hydrogen-bond acceptors (Lipinski definition) is 3. The zero-order valence-electron chi connectivity index (χ0n) is 10.4. The number of allylic oxidation sites excluding steroid dienone is 1. The Bertz CT molecular complexity index is 551. The maximum absolute atomic E-state index is 10.9. The van der Waals surface area contributed by atoms with E-state index in [4.69, 9.17) is 11.2 Å². The number of rotatable bonds is 4. The summed E-state index contributed by atoms with van der Waals surface area (Å²) in [6, 6.07) is 7.59. The highest BCUT2D eigenvalue weighted by Crippen LogP contribution is 2.13. The summed E-state index contributed by atoms with van der Waals surface area (Å²) in [7, 11) is 0. The van der Waals surface area contributed by atoms with Gasteiger partial charge >= 0.3 is 0 Å². The molecule has 0 spiro atoms. The lowest BCUT2D eigenvalue weighted by Gasteiger charge is -2.08. The Morgan fingerprint density at radius 2 is 2.11 bits per heavy atom. The van der Waals surface area contributed by atoms with Gasteiger partial charge in [-0.25, -0.2) is 5.43 Å². The molecule has 19 heavy (non-hydrogen) atoms. The van der Waals surface area contributed by atoms with Gasteiger partial charge in [0, 0.05) is 12.8 Å². The molecule has 1 N–H and O–H groups in total. The molecule has 0 unspecified atom stereocenters. The maximum Gasteiger partial charge on any atom is 0.240 e. The van der Waals surface area contributed by atoms with Gasteiger partial charge in [-0.3, -0.25) is 4.79 Å². The van der Waals surface area contributed by atoms with Crippen LogP contribution in [0.15, 0.2) is 35.4 Å². The number of carbonyl (C=O) groups is 1. The third kappa shape index (κ3) is 4.00. The van der Waals surface area contributed by atoms with E-state index in [1.165, 1.54) is 0 Å². The molecule has 0 atom stereocenters. The largest absolute Gasteiger partial charge is 0.481 e. The van der Waals surface area contributed by atoms with Crippen molar-refractivity contribution in [3.8, 4) is 18.1 Å². The summed E-state index contributed by atoms with van der Waals surface area (Å²) in [6.07, 6.45) is 10.1. The van der Waals surface area contributed by atoms with E-state index in [-0.39, 0.29) is 12.5 Å². The van der Waals surface area contributed by atoms with Crippen molar-refractivity contribution in [1.82, 2.24) is 5.43 Å². The second-order valence-corrected chi connectivity index (χ2v) is 4.03. The van der Waals surface area contributed by atoms with E-state index in [1.54, 1.807) is 0 Å². The predicted molar refractivity (Wildman–Crippen MR) is 74.6 cm³/mol. The number of ether oxygens (including phenoxy) is 1. The van der Waals surface area contributed by atoms with Crippen molar-refractivity contribution in [2.24, 2.45) is 5.10 Å². The van der Waals surface area contributed by atoms with Crippen molar-refractivity contribution in [2.75, 3.05) is 6.61 Å². The summed E-state index contributed by atoms with van der Waals surface area (Å²) < 4.78 is 5.28. The lowest BCUT2D eigenvalue weighted by Crippen LogP contribution is -2.24. The van der Waals surface area contributed by atoms with Crippen molar-refractivity contribution in [3.63, 3.8) is 0 Å². The number of nitrogens with zero attached hydrogens (tertiary/aromatic N) is 1. The molecule has 4 heteroatoms. The molecule has 2 rings (SSSR count). The van der Waals surface area contributed by atoms with Crippen LogP contribution >= 0.6 is 0 Å². The molecule has 1 amide bonds. The Morgan fingerprint density at radius 1 is 1.32 bits per heavy atom. The fourth-order valence-corrected chi connectivity index (χ4v) is 1.60. The first kappa shape index (κ1) is 12.9. The van der Waals surface area contributed by atoms with Crippen LogP contribution in [0, 0.1) is 12.3 Å². The lowest BCUT2D eigenvalue weighted by atomic mass is 10.1. The summed E-state index contributed by atoms with van der Waals surface area (Å²) in [6.45, 7) is 0.270. The number of benzene rings is 1. The number of hydrogen-bond donors (Lipinski definition) is 1. The molecule has 0 radical (unpaired) electrons. The van der Waals surface area contributed by atoms with Gasteiger partial charge in [0.2, 0.25) is 5.91 Å². The highest BCUT2D eigenvalue weighted by Gasteiger charge is 2.08. The zero-order valence-corrected chi connectivity index (χ0v) is 10.4. The molecule has 0 aliphatic carbocycles. The van der Waals surface area contributed by atoms with Gasteiger partial charge in [-0.1, -0.05) is 24.1 Å². The highest BCUT2D eigenvalue weighted by molar-refractivity contribution is 6.02. The normalized spacial score (nSPS) is 14.7. The van der Waals surface area contributed by atoms with Crippen LogP contribution in [0.2, 0.25) is 0 Å². The average molecular weight is 254 g/mol. The minimum atomic E-state index is -0.0350. The van der Waals surface area contributed by atoms with E-state index in [9.17, 15) is 4.79 Å². The number of amides is 1. The fraction of sp³-hybridized carbons (Fsp3) is 0.200. The fourth-order valence-electron chi connectivity index (χ4n) is 1.60. The van der Waals surface area contributed by atoms with Crippen LogP contribution in [0.5, 0.6) is 5.75 Å². The topological polar surface area (TPSA) is 50.7 Å². The monoisotopic (exact) mass is 254 g/mol. The zero-order chi connectivity index (χ0) is 13.5. The van der Waals surface area contributed by atoms with Crippen LogP contribution in [0.25, 0.3) is 6.08 Å². The molecule has 1 heterocycles. The number of nitrogens with one attached hydrogen (secondary N) is 1. The molecule has 0 aromatic heterocycles. The first-order valence-corrected chi connectivity index (χ1v) is 5.98. The van der Waals surface area contributed by atoms with Crippen LogP contribution in [-0.4, -0.2) is 18.2 Å². The SMILES string of the molecule is C#CCOc1ccc(C=CC2=NNC(=O)CC2)cc1. The molecular weight excluding hydrogens is 240 g/mol. The van der Waals surface area contributed by atoms with Crippen LogP contribution in [-0.2, 0) is 4.79 Å². The predicted octanol–water partition coefficient (Wildman–Crippen LogP) is 1.98. The van der Waals surface area contributed by atoms with Gasteiger partial charge < -0.3 is 4.74 Å². The Hall–Kier alpha value is -2.54. The van der Waals surface area contributed by atoms with Crippen molar-refractivity contribution in [2.45, 2.75) is 12.8 Å². The smallest absolute Gasteiger partial charge is 0.240 e. The molecule has 4 nitrogen and oxygen atoms in total. The van der Waals surface area contributed by atoms with Crippen molar-refractivity contribution >= 4 is 17.7 Å². The molecular formula is C15H14N2O2.